The lowest BCUT2D eigenvalue weighted by Crippen LogP contribution is -2.34. The van der Waals surface area contributed by atoms with Crippen LogP contribution in [0.5, 0.6) is 0 Å². The van der Waals surface area contributed by atoms with Gasteiger partial charge in [0.15, 0.2) is 0 Å². The summed E-state index contributed by atoms with van der Waals surface area (Å²) in [6, 6.07) is 20.5. The van der Waals surface area contributed by atoms with E-state index in [9.17, 15) is 4.79 Å². The molecule has 0 fully saturated rings. The van der Waals surface area contributed by atoms with Crippen LogP contribution in [0.25, 0.3) is 0 Å². The van der Waals surface area contributed by atoms with Gasteiger partial charge in [-0.05, 0) is 31.2 Å². The third-order valence-corrected chi connectivity index (χ3v) is 3.45. The van der Waals surface area contributed by atoms with Gasteiger partial charge in [-0.1, -0.05) is 43.3 Å². The fourth-order valence-corrected chi connectivity index (χ4v) is 2.15. The maximum absolute atomic E-state index is 11.1. The highest BCUT2D eigenvalue weighted by atomic mass is 16.1. The Balaban J connectivity index is 2.42. The zero-order chi connectivity index (χ0) is 13.7. The smallest absolute Gasteiger partial charge is 0.124 e. The molecule has 0 amide bonds. The average Bonchev–Trinajstić information content (AvgIpc) is 2.49. The van der Waals surface area contributed by atoms with Crippen molar-refractivity contribution in [3.05, 3.63) is 60.7 Å². The van der Waals surface area contributed by atoms with Crippen molar-refractivity contribution in [3.8, 4) is 0 Å². The van der Waals surface area contributed by atoms with Gasteiger partial charge >= 0.3 is 0 Å². The number of anilines is 2. The maximum atomic E-state index is 11.1. The molecule has 0 saturated heterocycles. The van der Waals surface area contributed by atoms with Crippen LogP contribution < -0.4 is 4.90 Å². The Morgan fingerprint density at radius 3 is 1.63 bits per heavy atom. The van der Waals surface area contributed by atoms with Crippen molar-refractivity contribution in [2.75, 3.05) is 4.90 Å². The highest BCUT2D eigenvalue weighted by Crippen LogP contribution is 2.29. The molecule has 2 rings (SSSR count). The zero-order valence-electron chi connectivity index (χ0n) is 11.4. The van der Waals surface area contributed by atoms with E-state index < -0.39 is 0 Å². The van der Waals surface area contributed by atoms with Crippen LogP contribution in [0.2, 0.25) is 0 Å². The Bertz CT molecular complexity index is 470. The minimum absolute atomic E-state index is 0.0274. The lowest BCUT2D eigenvalue weighted by molar-refractivity contribution is -0.111. The van der Waals surface area contributed by atoms with Crippen molar-refractivity contribution in [2.24, 2.45) is 5.92 Å². The minimum Gasteiger partial charge on any atom is -0.338 e. The Hall–Kier alpha value is -2.09. The van der Waals surface area contributed by atoms with Crippen LogP contribution in [0.1, 0.15) is 13.8 Å². The largest absolute Gasteiger partial charge is 0.338 e. The molecule has 2 atom stereocenters. The number of carbonyl (C=O) groups excluding carboxylic acids is 1. The van der Waals surface area contributed by atoms with Gasteiger partial charge in [0.05, 0.1) is 0 Å². The molecule has 0 heterocycles. The van der Waals surface area contributed by atoms with E-state index in [1.165, 1.54) is 0 Å². The molecule has 2 heteroatoms. The van der Waals surface area contributed by atoms with Crippen molar-refractivity contribution in [3.63, 3.8) is 0 Å². The Morgan fingerprint density at radius 1 is 0.842 bits per heavy atom. The van der Waals surface area contributed by atoms with Crippen molar-refractivity contribution < 1.29 is 4.79 Å². The number of nitrogens with zero attached hydrogens (tertiary/aromatic N) is 1. The molecule has 2 aromatic carbocycles. The fourth-order valence-electron chi connectivity index (χ4n) is 2.15. The third-order valence-electron chi connectivity index (χ3n) is 3.45. The molecule has 0 radical (unpaired) electrons. The number of aldehydes is 1. The summed E-state index contributed by atoms with van der Waals surface area (Å²) < 4.78 is 0. The summed E-state index contributed by atoms with van der Waals surface area (Å²) in [6.07, 6.45) is 1.02. The molecule has 0 saturated carbocycles. The van der Waals surface area contributed by atoms with Crippen LogP contribution in [0.15, 0.2) is 60.7 Å². The summed E-state index contributed by atoms with van der Waals surface area (Å²) in [7, 11) is 0. The van der Waals surface area contributed by atoms with E-state index in [1.807, 2.05) is 43.3 Å². The molecule has 0 spiro atoms. The standard InChI is InChI=1S/C17H19NO/c1-14(13-19)15(2)18(16-9-5-3-6-10-16)17-11-7-4-8-12-17/h3-15H,1-2H3/t14-,15?/m0/s1. The van der Waals surface area contributed by atoms with Gasteiger partial charge in [0.2, 0.25) is 0 Å². The van der Waals surface area contributed by atoms with E-state index in [0.29, 0.717) is 0 Å². The summed E-state index contributed by atoms with van der Waals surface area (Å²) in [5, 5.41) is 0. The van der Waals surface area contributed by atoms with E-state index >= 15 is 0 Å². The second-order valence-corrected chi connectivity index (χ2v) is 4.78. The molecule has 0 bridgehead atoms. The number of benzene rings is 2. The van der Waals surface area contributed by atoms with Crippen LogP contribution in [0.3, 0.4) is 0 Å². The zero-order valence-corrected chi connectivity index (χ0v) is 11.4. The molecular weight excluding hydrogens is 234 g/mol. The first-order valence-electron chi connectivity index (χ1n) is 6.58. The molecule has 1 unspecified atom stereocenters. The van der Waals surface area contributed by atoms with E-state index in [1.54, 1.807) is 0 Å². The molecule has 98 valence electrons. The third kappa shape index (κ3) is 3.02. The predicted molar refractivity (Wildman–Crippen MR) is 79.7 cm³/mol. The molecule has 0 aliphatic rings. The minimum atomic E-state index is -0.0274. The van der Waals surface area contributed by atoms with Crippen molar-refractivity contribution >= 4 is 17.7 Å². The maximum Gasteiger partial charge on any atom is 0.124 e. The van der Waals surface area contributed by atoms with Gasteiger partial charge in [0.1, 0.15) is 6.29 Å². The SMILES string of the molecule is CC([C@@H](C)C=O)N(c1ccccc1)c1ccccc1. The lowest BCUT2D eigenvalue weighted by Gasteiger charge is -2.33. The quantitative estimate of drug-likeness (QED) is 0.749. The van der Waals surface area contributed by atoms with Crippen molar-refractivity contribution in [1.82, 2.24) is 0 Å². The number of hydrogen-bond donors (Lipinski definition) is 0. The summed E-state index contributed by atoms with van der Waals surface area (Å²) in [4.78, 5) is 13.3. The first-order chi connectivity index (χ1) is 9.24. The van der Waals surface area contributed by atoms with E-state index in [0.717, 1.165) is 17.7 Å². The van der Waals surface area contributed by atoms with Gasteiger partial charge in [0.25, 0.3) is 0 Å². The van der Waals surface area contributed by atoms with Crippen molar-refractivity contribution in [1.29, 1.82) is 0 Å². The van der Waals surface area contributed by atoms with E-state index in [4.69, 9.17) is 0 Å². The molecule has 0 aromatic heterocycles. The van der Waals surface area contributed by atoms with Crippen LogP contribution in [0.4, 0.5) is 11.4 Å². The van der Waals surface area contributed by atoms with Gasteiger partial charge in [0, 0.05) is 23.3 Å². The molecule has 2 aromatic rings. The number of para-hydroxylation sites is 2. The fraction of sp³-hybridized carbons (Fsp3) is 0.235. The van der Waals surface area contributed by atoms with Crippen LogP contribution in [0, 0.1) is 5.92 Å². The molecule has 19 heavy (non-hydrogen) atoms. The molecule has 0 aliphatic heterocycles. The van der Waals surface area contributed by atoms with Crippen LogP contribution in [-0.4, -0.2) is 12.3 Å². The first-order valence-corrected chi connectivity index (χ1v) is 6.58. The normalized spacial score (nSPS) is 13.6. The van der Waals surface area contributed by atoms with E-state index in [2.05, 4.69) is 36.1 Å². The summed E-state index contributed by atoms with van der Waals surface area (Å²) in [5.74, 6) is -0.0274. The van der Waals surface area contributed by atoms with Gasteiger partial charge in [-0.25, -0.2) is 0 Å². The lowest BCUT2D eigenvalue weighted by atomic mass is 10.0. The van der Waals surface area contributed by atoms with Gasteiger partial charge in [-0.2, -0.15) is 0 Å². The molecular formula is C17H19NO. The topological polar surface area (TPSA) is 20.3 Å². The van der Waals surface area contributed by atoms with Crippen LogP contribution in [-0.2, 0) is 4.79 Å². The van der Waals surface area contributed by atoms with Gasteiger partial charge in [-0.15, -0.1) is 0 Å². The summed E-state index contributed by atoms with van der Waals surface area (Å²) >= 11 is 0. The Morgan fingerprint density at radius 2 is 1.26 bits per heavy atom. The monoisotopic (exact) mass is 253 g/mol. The predicted octanol–water partition coefficient (Wildman–Crippen LogP) is 4.05. The second-order valence-electron chi connectivity index (χ2n) is 4.78. The first kappa shape index (κ1) is 13.3. The molecule has 2 nitrogen and oxygen atoms in total. The number of carbonyl (C=O) groups is 1. The Labute approximate surface area is 114 Å². The highest BCUT2D eigenvalue weighted by Gasteiger charge is 2.21. The summed E-state index contributed by atoms with van der Waals surface area (Å²) in [6.45, 7) is 4.04. The van der Waals surface area contributed by atoms with Crippen LogP contribution >= 0.6 is 0 Å². The van der Waals surface area contributed by atoms with Gasteiger partial charge in [-0.3, -0.25) is 0 Å². The molecule has 0 aliphatic carbocycles. The Kier molecular flexibility index (Phi) is 4.35. The highest BCUT2D eigenvalue weighted by molar-refractivity contribution is 5.66. The van der Waals surface area contributed by atoms with E-state index in [-0.39, 0.29) is 12.0 Å². The summed E-state index contributed by atoms with van der Waals surface area (Å²) in [5.41, 5.74) is 2.21. The van der Waals surface area contributed by atoms with Crippen molar-refractivity contribution in [2.45, 2.75) is 19.9 Å². The molecule has 0 N–H and O–H groups in total. The number of hydrogen-bond acceptors (Lipinski definition) is 2. The average molecular weight is 253 g/mol. The van der Waals surface area contributed by atoms with Gasteiger partial charge < -0.3 is 9.69 Å². The second kappa shape index (κ2) is 6.19. The number of rotatable bonds is 5.